The molecule has 0 bridgehead atoms. The van der Waals surface area contributed by atoms with E-state index >= 15 is 0 Å². The Bertz CT molecular complexity index is 448. The molecular formula is C12H15NO2. The van der Waals surface area contributed by atoms with Crippen LogP contribution in [0.25, 0.3) is 0 Å². The maximum absolute atomic E-state index is 11.8. The van der Waals surface area contributed by atoms with Crippen molar-refractivity contribution in [3.8, 4) is 5.75 Å². The van der Waals surface area contributed by atoms with Crippen molar-refractivity contribution < 1.29 is 4.74 Å². The number of aromatic nitrogens is 1. The van der Waals surface area contributed by atoms with E-state index in [4.69, 9.17) is 4.74 Å². The second kappa shape index (κ2) is 3.40. The molecule has 1 aromatic rings. The van der Waals surface area contributed by atoms with Crippen molar-refractivity contribution in [2.75, 3.05) is 6.61 Å². The number of ether oxygens (including phenoxy) is 1. The van der Waals surface area contributed by atoms with Crippen LogP contribution < -0.4 is 10.3 Å². The van der Waals surface area contributed by atoms with Crippen molar-refractivity contribution in [2.24, 2.45) is 0 Å². The van der Waals surface area contributed by atoms with Crippen molar-refractivity contribution in [1.29, 1.82) is 0 Å². The lowest BCUT2D eigenvalue weighted by molar-refractivity contribution is 0.281. The normalized spacial score (nSPS) is 18.9. The van der Waals surface area contributed by atoms with Gasteiger partial charge in [0.1, 0.15) is 5.75 Å². The van der Waals surface area contributed by atoms with E-state index in [1.165, 1.54) is 18.4 Å². The fraction of sp³-hybridized carbons (Fsp3) is 0.583. The summed E-state index contributed by atoms with van der Waals surface area (Å²) in [6, 6.07) is 0. The van der Waals surface area contributed by atoms with Crippen LogP contribution in [-0.4, -0.2) is 11.6 Å². The lowest BCUT2D eigenvalue weighted by Gasteiger charge is -2.24. The maximum atomic E-state index is 11.8. The number of rotatable bonds is 0. The van der Waals surface area contributed by atoms with Gasteiger partial charge < -0.3 is 9.72 Å². The van der Waals surface area contributed by atoms with E-state index in [-0.39, 0.29) is 5.56 Å². The van der Waals surface area contributed by atoms with Gasteiger partial charge in [-0.2, -0.15) is 0 Å². The van der Waals surface area contributed by atoms with Gasteiger partial charge in [-0.25, -0.2) is 0 Å². The van der Waals surface area contributed by atoms with Gasteiger partial charge in [0, 0.05) is 11.3 Å². The molecule has 1 aromatic heterocycles. The summed E-state index contributed by atoms with van der Waals surface area (Å²) in [5, 5.41) is 0. The Morgan fingerprint density at radius 1 is 1.00 bits per heavy atom. The molecule has 0 amide bonds. The Balaban J connectivity index is 2.23. The summed E-state index contributed by atoms with van der Waals surface area (Å²) in [6.45, 7) is 0.767. The molecule has 1 aliphatic heterocycles. The van der Waals surface area contributed by atoms with Gasteiger partial charge in [-0.05, 0) is 38.5 Å². The van der Waals surface area contributed by atoms with Crippen LogP contribution in [0.3, 0.4) is 0 Å². The largest absolute Gasteiger partial charge is 0.493 e. The molecule has 3 heteroatoms. The van der Waals surface area contributed by atoms with E-state index in [2.05, 4.69) is 4.98 Å². The molecule has 0 saturated heterocycles. The van der Waals surface area contributed by atoms with Crippen LogP contribution in [-0.2, 0) is 19.3 Å². The molecule has 0 unspecified atom stereocenters. The summed E-state index contributed by atoms with van der Waals surface area (Å²) >= 11 is 0. The molecule has 80 valence electrons. The van der Waals surface area contributed by atoms with Gasteiger partial charge >= 0.3 is 0 Å². The number of H-pyrrole nitrogens is 1. The number of fused-ring (bicyclic) bond motifs is 3. The number of nitrogens with one attached hydrogen (secondary N) is 1. The molecule has 0 spiro atoms. The Kier molecular flexibility index (Phi) is 2.04. The van der Waals surface area contributed by atoms with Crippen LogP contribution in [0.4, 0.5) is 0 Å². The van der Waals surface area contributed by atoms with Crippen LogP contribution in [0.2, 0.25) is 0 Å². The molecule has 0 radical (unpaired) electrons. The summed E-state index contributed by atoms with van der Waals surface area (Å²) in [4.78, 5) is 14.8. The van der Waals surface area contributed by atoms with Gasteiger partial charge in [0.05, 0.1) is 12.2 Å². The Labute approximate surface area is 88.5 Å². The summed E-state index contributed by atoms with van der Waals surface area (Å²) in [7, 11) is 0. The molecular weight excluding hydrogens is 190 g/mol. The standard InChI is InChI=1S/C12H15NO2/c14-12-9-5-3-7-15-11(9)8-4-1-2-6-10(8)13-12/h1-7H2,(H,13,14). The number of hydrogen-bond donors (Lipinski definition) is 1. The van der Waals surface area contributed by atoms with Gasteiger partial charge in [0.25, 0.3) is 5.56 Å². The molecule has 15 heavy (non-hydrogen) atoms. The number of aryl methyl sites for hydroxylation is 1. The van der Waals surface area contributed by atoms with Crippen LogP contribution in [0, 0.1) is 0 Å². The minimum Gasteiger partial charge on any atom is -0.493 e. The third-order valence-electron chi connectivity index (χ3n) is 3.37. The highest BCUT2D eigenvalue weighted by atomic mass is 16.5. The second-order valence-corrected chi connectivity index (χ2v) is 4.38. The first kappa shape index (κ1) is 9.01. The second-order valence-electron chi connectivity index (χ2n) is 4.38. The van der Waals surface area contributed by atoms with Gasteiger partial charge in [-0.3, -0.25) is 4.79 Å². The molecule has 0 atom stereocenters. The van der Waals surface area contributed by atoms with E-state index in [1.807, 2.05) is 0 Å². The van der Waals surface area contributed by atoms with Crippen molar-refractivity contribution in [3.63, 3.8) is 0 Å². The third-order valence-corrected chi connectivity index (χ3v) is 3.37. The zero-order valence-corrected chi connectivity index (χ0v) is 8.77. The Hall–Kier alpha value is -1.25. The van der Waals surface area contributed by atoms with Crippen molar-refractivity contribution in [3.05, 3.63) is 27.2 Å². The first-order valence-corrected chi connectivity index (χ1v) is 5.76. The van der Waals surface area contributed by atoms with Crippen LogP contribution in [0.15, 0.2) is 4.79 Å². The molecule has 2 aliphatic rings. The van der Waals surface area contributed by atoms with Gasteiger partial charge in [0.2, 0.25) is 0 Å². The monoisotopic (exact) mass is 205 g/mol. The molecule has 3 nitrogen and oxygen atoms in total. The Morgan fingerprint density at radius 3 is 2.73 bits per heavy atom. The summed E-state index contributed by atoms with van der Waals surface area (Å²) in [5.74, 6) is 0.916. The van der Waals surface area contributed by atoms with Crippen molar-refractivity contribution in [2.45, 2.75) is 38.5 Å². The number of hydrogen-bond acceptors (Lipinski definition) is 2. The van der Waals surface area contributed by atoms with Crippen LogP contribution >= 0.6 is 0 Å². The van der Waals surface area contributed by atoms with Crippen molar-refractivity contribution >= 4 is 0 Å². The lowest BCUT2D eigenvalue weighted by Crippen LogP contribution is -2.25. The zero-order chi connectivity index (χ0) is 10.3. The minimum absolute atomic E-state index is 0.0744. The molecule has 0 fully saturated rings. The zero-order valence-electron chi connectivity index (χ0n) is 8.77. The first-order valence-electron chi connectivity index (χ1n) is 5.76. The van der Waals surface area contributed by atoms with Gasteiger partial charge in [0.15, 0.2) is 0 Å². The highest BCUT2D eigenvalue weighted by Crippen LogP contribution is 2.32. The maximum Gasteiger partial charge on any atom is 0.255 e. The smallest absolute Gasteiger partial charge is 0.255 e. The minimum atomic E-state index is 0.0744. The molecule has 1 N–H and O–H groups in total. The highest BCUT2D eigenvalue weighted by molar-refractivity contribution is 5.44. The fourth-order valence-electron chi connectivity index (χ4n) is 2.62. The molecule has 0 aromatic carbocycles. The quantitative estimate of drug-likeness (QED) is 0.698. The predicted octanol–water partition coefficient (Wildman–Crippen LogP) is 1.58. The first-order chi connectivity index (χ1) is 7.36. The molecule has 0 saturated carbocycles. The predicted molar refractivity (Wildman–Crippen MR) is 57.5 cm³/mol. The van der Waals surface area contributed by atoms with E-state index < -0.39 is 0 Å². The summed E-state index contributed by atoms with van der Waals surface area (Å²) in [5.41, 5.74) is 3.34. The average Bonchev–Trinajstić information content (AvgIpc) is 2.30. The molecule has 3 rings (SSSR count). The average molecular weight is 205 g/mol. The topological polar surface area (TPSA) is 42.1 Å². The van der Waals surface area contributed by atoms with E-state index in [9.17, 15) is 4.79 Å². The molecule has 1 aliphatic carbocycles. The number of aromatic amines is 1. The molecule has 2 heterocycles. The Morgan fingerprint density at radius 2 is 1.80 bits per heavy atom. The summed E-state index contributed by atoms with van der Waals surface area (Å²) < 4.78 is 5.68. The van der Waals surface area contributed by atoms with Crippen LogP contribution in [0.5, 0.6) is 5.75 Å². The van der Waals surface area contributed by atoms with E-state index in [1.54, 1.807) is 0 Å². The van der Waals surface area contributed by atoms with Gasteiger partial charge in [-0.15, -0.1) is 0 Å². The fourth-order valence-corrected chi connectivity index (χ4v) is 2.62. The van der Waals surface area contributed by atoms with Crippen LogP contribution in [0.1, 0.15) is 36.1 Å². The summed E-state index contributed by atoms with van der Waals surface area (Å²) in [6.07, 6.45) is 6.30. The number of pyridine rings is 1. The highest BCUT2D eigenvalue weighted by Gasteiger charge is 2.23. The van der Waals surface area contributed by atoms with E-state index in [0.717, 1.165) is 49.3 Å². The third kappa shape index (κ3) is 1.37. The SMILES string of the molecule is O=c1[nH]c2c(c3c1CCCO3)CCCC2. The van der Waals surface area contributed by atoms with Gasteiger partial charge in [-0.1, -0.05) is 0 Å². The lowest BCUT2D eigenvalue weighted by atomic mass is 9.92. The van der Waals surface area contributed by atoms with Crippen molar-refractivity contribution in [1.82, 2.24) is 4.98 Å². The van der Waals surface area contributed by atoms with E-state index in [0.29, 0.717) is 0 Å².